The van der Waals surface area contributed by atoms with Crippen LogP contribution in [0.25, 0.3) is 0 Å². The number of likely N-dealkylation sites (tertiary alicyclic amines) is 1. The number of allylic oxidation sites excluding steroid dienone is 2. The number of nitrogens with one attached hydrogen (secondary N) is 4. The molecule has 8 nitrogen and oxygen atoms in total. The van der Waals surface area contributed by atoms with E-state index < -0.39 is 0 Å². The predicted molar refractivity (Wildman–Crippen MR) is 138 cm³/mol. The van der Waals surface area contributed by atoms with Crippen LogP contribution in [0, 0.1) is 12.8 Å². The molecule has 0 bridgehead atoms. The fourth-order valence-corrected chi connectivity index (χ4v) is 5.20. The summed E-state index contributed by atoms with van der Waals surface area (Å²) in [6, 6.07) is 5.61. The molecular formula is C26H30ClFN6O2. The lowest BCUT2D eigenvalue weighted by atomic mass is 9.97. The van der Waals surface area contributed by atoms with Crippen LogP contribution < -0.4 is 26.0 Å². The van der Waals surface area contributed by atoms with E-state index in [-0.39, 0.29) is 36.2 Å². The van der Waals surface area contributed by atoms with Gasteiger partial charge in [-0.1, -0.05) is 23.7 Å². The van der Waals surface area contributed by atoms with Gasteiger partial charge in [0.2, 0.25) is 0 Å². The second-order valence-electron chi connectivity index (χ2n) is 9.32. The van der Waals surface area contributed by atoms with E-state index in [1.54, 1.807) is 19.4 Å². The van der Waals surface area contributed by atoms with Gasteiger partial charge in [-0.15, -0.1) is 0 Å². The molecule has 1 aromatic rings. The molecule has 0 radical (unpaired) electrons. The molecule has 2 unspecified atom stereocenters. The van der Waals surface area contributed by atoms with Gasteiger partial charge in [0.15, 0.2) is 11.6 Å². The molecule has 0 aliphatic carbocycles. The second-order valence-corrected chi connectivity index (χ2v) is 9.75. The summed E-state index contributed by atoms with van der Waals surface area (Å²) >= 11 is 6.16. The number of carbonyl (C=O) groups is 1. The Morgan fingerprint density at radius 3 is 3.00 bits per heavy atom. The second kappa shape index (κ2) is 10.3. The third-order valence-electron chi connectivity index (χ3n) is 6.86. The van der Waals surface area contributed by atoms with E-state index in [1.807, 2.05) is 36.2 Å². The molecule has 0 spiro atoms. The van der Waals surface area contributed by atoms with Crippen molar-refractivity contribution in [2.24, 2.45) is 10.9 Å². The number of rotatable bonds is 6. The summed E-state index contributed by atoms with van der Waals surface area (Å²) in [6.45, 7) is 3.78. The van der Waals surface area contributed by atoms with Gasteiger partial charge in [0.05, 0.1) is 24.3 Å². The van der Waals surface area contributed by atoms with Gasteiger partial charge < -0.3 is 30.9 Å². The van der Waals surface area contributed by atoms with Crippen molar-refractivity contribution < 1.29 is 13.9 Å². The number of para-hydroxylation sites is 1. The number of fused-ring (bicyclic) bond motifs is 1. The van der Waals surface area contributed by atoms with Crippen molar-refractivity contribution in [3.8, 4) is 5.75 Å². The number of hydrogen-bond acceptors (Lipinski definition) is 7. The summed E-state index contributed by atoms with van der Waals surface area (Å²) in [5.41, 5.74) is 3.29. The number of hydrogen-bond donors (Lipinski definition) is 4. The number of amides is 1. The van der Waals surface area contributed by atoms with Gasteiger partial charge in [-0.05, 0) is 43.4 Å². The average molecular weight is 513 g/mol. The van der Waals surface area contributed by atoms with E-state index in [2.05, 4.69) is 26.3 Å². The number of piperidine rings is 1. The maximum absolute atomic E-state index is 14.7. The fourth-order valence-electron chi connectivity index (χ4n) is 5.02. The van der Waals surface area contributed by atoms with Crippen molar-refractivity contribution >= 4 is 23.3 Å². The van der Waals surface area contributed by atoms with Gasteiger partial charge in [0.25, 0.3) is 5.91 Å². The molecule has 4 aliphatic heterocycles. The molecule has 0 saturated carbocycles. The highest BCUT2D eigenvalue weighted by Gasteiger charge is 2.30. The molecule has 4 aliphatic rings. The molecule has 0 aromatic heterocycles. The van der Waals surface area contributed by atoms with E-state index in [9.17, 15) is 9.18 Å². The number of amidine groups is 1. The minimum atomic E-state index is -0.344. The molecule has 5 rings (SSSR count). The molecule has 4 heterocycles. The molecule has 10 heteroatoms. The maximum Gasteiger partial charge on any atom is 0.257 e. The zero-order valence-corrected chi connectivity index (χ0v) is 21.1. The predicted octanol–water partition coefficient (Wildman–Crippen LogP) is 3.01. The molecule has 1 aromatic carbocycles. The standard InChI is InChI=1S/C26H30ClFN6O2/c1-15-5-3-7-18(22(15)36-2)26(35)34-8-4-6-16(14-34)10-29-25-21(28)13-32-24(33-25)20-12-31-23-19(20)9-17(27)11-30-23/h3,5,7,9,11-12,16,23,29-31H,4,6,8,10,13-14H2,1-2H3,(H,32,33). The lowest BCUT2D eigenvalue weighted by Crippen LogP contribution is -2.43. The largest absolute Gasteiger partial charge is 0.496 e. The SMILES string of the molecule is COc1c(C)cccc1C(=O)N1CCCC(CNC2=C(F)CNC(C3=CNC4NC=C(Cl)C=C34)=N2)C1. The summed E-state index contributed by atoms with van der Waals surface area (Å²) in [5.74, 6) is 1.22. The van der Waals surface area contributed by atoms with Crippen LogP contribution in [0.1, 0.15) is 28.8 Å². The highest BCUT2D eigenvalue weighted by Crippen LogP contribution is 2.28. The number of aryl methyl sites for hydroxylation is 1. The average Bonchev–Trinajstić information content (AvgIpc) is 3.31. The van der Waals surface area contributed by atoms with Crippen LogP contribution in [0.3, 0.4) is 0 Å². The quantitative estimate of drug-likeness (QED) is 0.468. The highest BCUT2D eigenvalue weighted by molar-refractivity contribution is 6.31. The Labute approximate surface area is 215 Å². The minimum absolute atomic E-state index is 0.0369. The molecule has 36 heavy (non-hydrogen) atoms. The van der Waals surface area contributed by atoms with Crippen molar-refractivity contribution in [1.82, 2.24) is 26.2 Å². The van der Waals surface area contributed by atoms with Gasteiger partial charge in [0.1, 0.15) is 17.8 Å². The zero-order chi connectivity index (χ0) is 25.2. The van der Waals surface area contributed by atoms with Crippen LogP contribution in [0.4, 0.5) is 4.39 Å². The fraction of sp³-hybridized carbons (Fsp3) is 0.385. The number of dihydropyridines is 1. The highest BCUT2D eigenvalue weighted by atomic mass is 35.5. The first-order valence-corrected chi connectivity index (χ1v) is 12.5. The van der Waals surface area contributed by atoms with E-state index >= 15 is 0 Å². The number of halogens is 2. The molecule has 1 amide bonds. The van der Waals surface area contributed by atoms with Crippen molar-refractivity contribution in [1.29, 1.82) is 0 Å². The molecule has 2 atom stereocenters. The summed E-state index contributed by atoms with van der Waals surface area (Å²) in [7, 11) is 1.59. The van der Waals surface area contributed by atoms with Crippen molar-refractivity contribution in [2.75, 3.05) is 33.3 Å². The number of carbonyl (C=O) groups excluding carboxylic acids is 1. The summed E-state index contributed by atoms with van der Waals surface area (Å²) in [4.78, 5) is 19.7. The lowest BCUT2D eigenvalue weighted by Gasteiger charge is -2.33. The summed E-state index contributed by atoms with van der Waals surface area (Å²) in [5, 5.41) is 13.3. The Balaban J connectivity index is 1.24. The van der Waals surface area contributed by atoms with Gasteiger partial charge in [0, 0.05) is 43.2 Å². The molecule has 1 fully saturated rings. The Morgan fingerprint density at radius 1 is 1.33 bits per heavy atom. The Morgan fingerprint density at radius 2 is 2.17 bits per heavy atom. The number of aliphatic imine (C=N–C) groups is 1. The number of nitrogens with zero attached hydrogens (tertiary/aromatic N) is 2. The normalized spacial score (nSPS) is 23.3. The first kappa shape index (κ1) is 24.2. The molecule has 1 saturated heterocycles. The topological polar surface area (TPSA) is 90.0 Å². The Bertz CT molecular complexity index is 1220. The molecule has 190 valence electrons. The van der Waals surface area contributed by atoms with E-state index in [1.165, 1.54) is 0 Å². The third-order valence-corrected chi connectivity index (χ3v) is 7.07. The number of methoxy groups -OCH3 is 1. The first-order valence-electron chi connectivity index (χ1n) is 12.1. The monoisotopic (exact) mass is 512 g/mol. The third kappa shape index (κ3) is 4.80. The summed E-state index contributed by atoms with van der Waals surface area (Å²) < 4.78 is 20.2. The van der Waals surface area contributed by atoms with Crippen LogP contribution in [-0.2, 0) is 0 Å². The summed E-state index contributed by atoms with van der Waals surface area (Å²) in [6.07, 6.45) is 7.21. The van der Waals surface area contributed by atoms with Crippen LogP contribution in [-0.4, -0.2) is 56.1 Å². The smallest absolute Gasteiger partial charge is 0.257 e. The van der Waals surface area contributed by atoms with E-state index in [0.29, 0.717) is 41.8 Å². The van der Waals surface area contributed by atoms with Gasteiger partial charge in [-0.25, -0.2) is 9.38 Å². The van der Waals surface area contributed by atoms with Gasteiger partial charge in [-0.3, -0.25) is 4.79 Å². The van der Waals surface area contributed by atoms with Crippen LogP contribution in [0.2, 0.25) is 0 Å². The zero-order valence-electron chi connectivity index (χ0n) is 20.3. The van der Waals surface area contributed by atoms with E-state index in [4.69, 9.17) is 16.3 Å². The Kier molecular flexibility index (Phi) is 6.91. The van der Waals surface area contributed by atoms with Crippen molar-refractivity contribution in [2.45, 2.75) is 25.9 Å². The lowest BCUT2D eigenvalue weighted by molar-refractivity contribution is 0.0671. The van der Waals surface area contributed by atoms with E-state index in [0.717, 1.165) is 29.6 Å². The minimum Gasteiger partial charge on any atom is -0.496 e. The van der Waals surface area contributed by atoms with Crippen molar-refractivity contribution in [3.63, 3.8) is 0 Å². The molecule has 4 N–H and O–H groups in total. The van der Waals surface area contributed by atoms with Crippen LogP contribution >= 0.6 is 11.6 Å². The maximum atomic E-state index is 14.7. The number of ether oxygens (including phenoxy) is 1. The van der Waals surface area contributed by atoms with Gasteiger partial charge >= 0.3 is 0 Å². The van der Waals surface area contributed by atoms with Crippen LogP contribution in [0.15, 0.2) is 69.5 Å². The first-order chi connectivity index (χ1) is 17.4. The van der Waals surface area contributed by atoms with Crippen LogP contribution in [0.5, 0.6) is 5.75 Å². The Hall–Kier alpha value is -3.46. The van der Waals surface area contributed by atoms with Gasteiger partial charge in [-0.2, -0.15) is 0 Å². The molecular weight excluding hydrogens is 483 g/mol. The van der Waals surface area contributed by atoms with Crippen molar-refractivity contribution in [3.05, 3.63) is 75.6 Å². The number of benzene rings is 1.